The van der Waals surface area contributed by atoms with Crippen molar-refractivity contribution in [3.63, 3.8) is 0 Å². The molecular weight excluding hydrogens is 424 g/mol. The Morgan fingerprint density at radius 1 is 1.03 bits per heavy atom. The highest BCUT2D eigenvalue weighted by Crippen LogP contribution is 2.40. The molecule has 0 fully saturated rings. The molecule has 1 N–H and O–H groups in total. The Balaban J connectivity index is 1.84. The molecule has 4 rings (SSSR count). The molecule has 0 saturated carbocycles. The predicted molar refractivity (Wildman–Crippen MR) is 123 cm³/mol. The number of rotatable bonds is 7. The quantitative estimate of drug-likeness (QED) is 0.545. The maximum atomic E-state index is 12.9. The third-order valence-electron chi connectivity index (χ3n) is 5.47. The van der Waals surface area contributed by atoms with E-state index in [0.29, 0.717) is 40.3 Å². The van der Waals surface area contributed by atoms with Crippen molar-refractivity contribution in [2.24, 2.45) is 5.92 Å². The summed E-state index contributed by atoms with van der Waals surface area (Å²) in [6.45, 7) is 6.12. The van der Waals surface area contributed by atoms with Crippen LogP contribution in [0.25, 0.3) is 11.4 Å². The molecular formula is C24H26N4O5. The summed E-state index contributed by atoms with van der Waals surface area (Å²) in [6, 6.07) is 12.4. The molecule has 1 aliphatic rings. The van der Waals surface area contributed by atoms with E-state index < -0.39 is 12.0 Å². The van der Waals surface area contributed by atoms with E-state index in [4.69, 9.17) is 24.0 Å². The van der Waals surface area contributed by atoms with Crippen molar-refractivity contribution in [3.05, 3.63) is 60.3 Å². The number of esters is 1. The first-order valence-corrected chi connectivity index (χ1v) is 10.5. The van der Waals surface area contributed by atoms with Gasteiger partial charge in [-0.3, -0.25) is 4.79 Å². The smallest absolute Gasteiger partial charge is 0.317 e. The SMILES string of the molecule is C=C1Nc2nc(-c3cc(OC)cc(OC)c3)nn2C(c2ccc(OC)cc2)C1C(=O)OCC. The largest absolute Gasteiger partial charge is 0.497 e. The van der Waals surface area contributed by atoms with E-state index in [1.54, 1.807) is 39.0 Å². The second kappa shape index (κ2) is 9.23. The van der Waals surface area contributed by atoms with E-state index in [-0.39, 0.29) is 12.6 Å². The Bertz CT molecular complexity index is 1150. The summed E-state index contributed by atoms with van der Waals surface area (Å²) < 4.78 is 23.1. The number of ether oxygens (including phenoxy) is 4. The van der Waals surface area contributed by atoms with Gasteiger partial charge in [0.15, 0.2) is 5.82 Å². The molecule has 0 spiro atoms. The minimum absolute atomic E-state index is 0.261. The lowest BCUT2D eigenvalue weighted by Gasteiger charge is -2.33. The van der Waals surface area contributed by atoms with Gasteiger partial charge >= 0.3 is 5.97 Å². The third kappa shape index (κ3) is 4.21. The Kier molecular flexibility index (Phi) is 6.21. The van der Waals surface area contributed by atoms with E-state index in [1.807, 2.05) is 36.4 Å². The van der Waals surface area contributed by atoms with Crippen LogP contribution >= 0.6 is 0 Å². The van der Waals surface area contributed by atoms with Crippen LogP contribution in [0.15, 0.2) is 54.7 Å². The number of fused-ring (bicyclic) bond motifs is 1. The van der Waals surface area contributed by atoms with Gasteiger partial charge in [0.05, 0.1) is 34.0 Å². The molecule has 0 aliphatic carbocycles. The first-order valence-electron chi connectivity index (χ1n) is 10.5. The van der Waals surface area contributed by atoms with Crippen LogP contribution < -0.4 is 19.5 Å². The van der Waals surface area contributed by atoms with Gasteiger partial charge in [0.2, 0.25) is 5.95 Å². The molecule has 0 amide bonds. The Morgan fingerprint density at radius 2 is 1.67 bits per heavy atom. The van der Waals surface area contributed by atoms with Gasteiger partial charge in [-0.1, -0.05) is 18.7 Å². The zero-order valence-electron chi connectivity index (χ0n) is 19.0. The summed E-state index contributed by atoms with van der Waals surface area (Å²) in [6.07, 6.45) is 0. The molecule has 172 valence electrons. The number of anilines is 1. The van der Waals surface area contributed by atoms with E-state index in [0.717, 1.165) is 5.56 Å². The summed E-state index contributed by atoms with van der Waals surface area (Å²) in [4.78, 5) is 17.6. The van der Waals surface area contributed by atoms with Crippen molar-refractivity contribution in [1.29, 1.82) is 0 Å². The highest BCUT2D eigenvalue weighted by atomic mass is 16.5. The van der Waals surface area contributed by atoms with Gasteiger partial charge in [-0.2, -0.15) is 4.98 Å². The van der Waals surface area contributed by atoms with Crippen LogP contribution in [0.4, 0.5) is 5.95 Å². The zero-order chi connectivity index (χ0) is 23.5. The average Bonchev–Trinajstić information content (AvgIpc) is 3.26. The van der Waals surface area contributed by atoms with Crippen LogP contribution in [-0.4, -0.2) is 48.7 Å². The summed E-state index contributed by atoms with van der Waals surface area (Å²) >= 11 is 0. The second-order valence-electron chi connectivity index (χ2n) is 7.40. The maximum absolute atomic E-state index is 12.9. The summed E-state index contributed by atoms with van der Waals surface area (Å²) in [7, 11) is 4.77. The van der Waals surface area contributed by atoms with Crippen LogP contribution in [0, 0.1) is 5.92 Å². The minimum Gasteiger partial charge on any atom is -0.497 e. The van der Waals surface area contributed by atoms with Crippen LogP contribution in [0.5, 0.6) is 17.2 Å². The molecule has 1 aliphatic heterocycles. The lowest BCUT2D eigenvalue weighted by atomic mass is 9.89. The van der Waals surface area contributed by atoms with Gasteiger partial charge in [0, 0.05) is 17.3 Å². The number of nitrogens with one attached hydrogen (secondary N) is 1. The third-order valence-corrected chi connectivity index (χ3v) is 5.47. The fourth-order valence-corrected chi connectivity index (χ4v) is 3.85. The van der Waals surface area contributed by atoms with Gasteiger partial charge < -0.3 is 24.3 Å². The molecule has 33 heavy (non-hydrogen) atoms. The number of hydrogen-bond acceptors (Lipinski definition) is 8. The average molecular weight is 450 g/mol. The van der Waals surface area contributed by atoms with Crippen molar-refractivity contribution in [2.75, 3.05) is 33.3 Å². The van der Waals surface area contributed by atoms with Gasteiger partial charge in [-0.15, -0.1) is 5.10 Å². The number of aromatic nitrogens is 3. The molecule has 9 heteroatoms. The molecule has 0 bridgehead atoms. The number of methoxy groups -OCH3 is 3. The van der Waals surface area contributed by atoms with E-state index in [2.05, 4.69) is 16.9 Å². The Morgan fingerprint density at radius 3 is 2.24 bits per heavy atom. The Labute approximate surface area is 191 Å². The van der Waals surface area contributed by atoms with Crippen molar-refractivity contribution in [2.45, 2.75) is 13.0 Å². The van der Waals surface area contributed by atoms with Gasteiger partial charge in [0.1, 0.15) is 23.2 Å². The molecule has 0 radical (unpaired) electrons. The predicted octanol–water partition coefficient (Wildman–Crippen LogP) is 3.68. The number of carbonyl (C=O) groups is 1. The highest BCUT2D eigenvalue weighted by Gasteiger charge is 2.41. The van der Waals surface area contributed by atoms with Crippen LogP contribution in [-0.2, 0) is 9.53 Å². The summed E-state index contributed by atoms with van der Waals surface area (Å²) in [5, 5.41) is 7.88. The van der Waals surface area contributed by atoms with Gasteiger partial charge in [-0.25, -0.2) is 4.68 Å². The second-order valence-corrected chi connectivity index (χ2v) is 7.40. The number of hydrogen-bond donors (Lipinski definition) is 1. The molecule has 3 aromatic rings. The number of benzene rings is 2. The topological polar surface area (TPSA) is 96.7 Å². The van der Waals surface area contributed by atoms with E-state index >= 15 is 0 Å². The molecule has 1 aromatic heterocycles. The van der Waals surface area contributed by atoms with Crippen LogP contribution in [0.3, 0.4) is 0 Å². The fraction of sp³-hybridized carbons (Fsp3) is 0.292. The van der Waals surface area contributed by atoms with Gasteiger partial charge in [-0.05, 0) is 36.8 Å². The van der Waals surface area contributed by atoms with Crippen molar-refractivity contribution < 1.29 is 23.7 Å². The highest BCUT2D eigenvalue weighted by molar-refractivity contribution is 5.79. The molecule has 2 unspecified atom stereocenters. The van der Waals surface area contributed by atoms with Crippen molar-refractivity contribution >= 4 is 11.9 Å². The normalized spacial score (nSPS) is 17.0. The van der Waals surface area contributed by atoms with Crippen molar-refractivity contribution in [3.8, 4) is 28.6 Å². The molecule has 9 nitrogen and oxygen atoms in total. The molecule has 2 aromatic carbocycles. The molecule has 2 heterocycles. The van der Waals surface area contributed by atoms with Crippen LogP contribution in [0.2, 0.25) is 0 Å². The Hall–Kier alpha value is -4.01. The van der Waals surface area contributed by atoms with E-state index in [9.17, 15) is 4.79 Å². The first-order chi connectivity index (χ1) is 16.0. The lowest BCUT2D eigenvalue weighted by Crippen LogP contribution is -2.37. The number of nitrogens with zero attached hydrogens (tertiary/aromatic N) is 3. The molecule has 2 atom stereocenters. The van der Waals surface area contributed by atoms with E-state index in [1.165, 1.54) is 0 Å². The van der Waals surface area contributed by atoms with Gasteiger partial charge in [0.25, 0.3) is 0 Å². The minimum atomic E-state index is -0.694. The maximum Gasteiger partial charge on any atom is 0.317 e. The standard InChI is InChI=1S/C24H26N4O5/c1-6-33-23(29)20-14(2)25-24-26-22(16-11-18(31-4)13-19(12-16)32-5)27-28(24)21(20)15-7-9-17(30-3)10-8-15/h7-13,20-21H,2,6H2,1,3-5H3,(H,25,26,27). The van der Waals surface area contributed by atoms with Crippen LogP contribution in [0.1, 0.15) is 18.5 Å². The fourth-order valence-electron chi connectivity index (χ4n) is 3.85. The summed E-state index contributed by atoms with van der Waals surface area (Å²) in [5.74, 6) is 1.78. The lowest BCUT2D eigenvalue weighted by molar-refractivity contribution is -0.147. The molecule has 0 saturated heterocycles. The summed E-state index contributed by atoms with van der Waals surface area (Å²) in [5.41, 5.74) is 2.04. The monoisotopic (exact) mass is 450 g/mol. The first kappa shape index (κ1) is 22.2. The number of carbonyl (C=O) groups excluding carboxylic acids is 1. The zero-order valence-corrected chi connectivity index (χ0v) is 19.0. The van der Waals surface area contributed by atoms with Crippen molar-refractivity contribution in [1.82, 2.24) is 14.8 Å².